The molecule has 7 nitrogen and oxygen atoms in total. The summed E-state index contributed by atoms with van der Waals surface area (Å²) in [6, 6.07) is 3.61. The molecule has 0 unspecified atom stereocenters. The zero-order chi connectivity index (χ0) is 21.1. The van der Waals surface area contributed by atoms with E-state index in [2.05, 4.69) is 5.32 Å². The van der Waals surface area contributed by atoms with Gasteiger partial charge in [-0.1, -0.05) is 0 Å². The molecule has 0 fully saturated rings. The van der Waals surface area contributed by atoms with E-state index in [9.17, 15) is 19.6 Å². The third-order valence-corrected chi connectivity index (χ3v) is 6.23. The summed E-state index contributed by atoms with van der Waals surface area (Å²) >= 11 is 1.40. The molecule has 3 rings (SSSR count). The van der Waals surface area contributed by atoms with Gasteiger partial charge < -0.3 is 14.6 Å². The fraction of sp³-hybridized carbons (Fsp3) is 0.429. The summed E-state index contributed by atoms with van der Waals surface area (Å²) in [5.41, 5.74) is 2.12. The van der Waals surface area contributed by atoms with Crippen LogP contribution in [0.15, 0.2) is 10.9 Å². The maximum absolute atomic E-state index is 12.7. The van der Waals surface area contributed by atoms with Crippen LogP contribution in [0.2, 0.25) is 0 Å². The van der Waals surface area contributed by atoms with Crippen LogP contribution in [-0.4, -0.2) is 23.1 Å². The van der Waals surface area contributed by atoms with Crippen LogP contribution < -0.4 is 10.9 Å². The molecule has 0 aliphatic heterocycles. The fourth-order valence-corrected chi connectivity index (χ4v) is 4.94. The molecule has 1 amide bonds. The molecule has 1 aliphatic rings. The van der Waals surface area contributed by atoms with Gasteiger partial charge in [-0.3, -0.25) is 9.59 Å². The number of nitrogens with one attached hydrogen (secondary N) is 1. The summed E-state index contributed by atoms with van der Waals surface area (Å²) in [7, 11) is 0. The number of carbonyl (C=O) groups is 2. The smallest absolute Gasteiger partial charge is 0.341 e. The lowest BCUT2D eigenvalue weighted by Crippen LogP contribution is -2.31. The Kier molecular flexibility index (Phi) is 6.18. The predicted octanol–water partition coefficient (Wildman–Crippen LogP) is 3.09. The number of carbonyl (C=O) groups excluding carboxylic acids is 2. The number of esters is 1. The molecule has 0 saturated heterocycles. The third kappa shape index (κ3) is 4.10. The van der Waals surface area contributed by atoms with Crippen LogP contribution in [0.5, 0.6) is 0 Å². The van der Waals surface area contributed by atoms with Gasteiger partial charge in [0.1, 0.15) is 23.2 Å². The van der Waals surface area contributed by atoms with Crippen molar-refractivity contribution in [3.63, 3.8) is 0 Å². The van der Waals surface area contributed by atoms with Crippen molar-refractivity contribution in [3.8, 4) is 6.07 Å². The maximum Gasteiger partial charge on any atom is 0.341 e. The lowest BCUT2D eigenvalue weighted by Gasteiger charge is -2.13. The van der Waals surface area contributed by atoms with Gasteiger partial charge in [-0.15, -0.1) is 11.3 Å². The Morgan fingerprint density at radius 1 is 1.31 bits per heavy atom. The molecule has 2 aromatic rings. The summed E-state index contributed by atoms with van der Waals surface area (Å²) in [6.07, 6.45) is 3.72. The van der Waals surface area contributed by atoms with E-state index in [1.54, 1.807) is 26.8 Å². The van der Waals surface area contributed by atoms with Crippen molar-refractivity contribution in [3.05, 3.63) is 49.2 Å². The molecule has 2 aromatic heterocycles. The first-order valence-corrected chi connectivity index (χ1v) is 10.4. The average Bonchev–Trinajstić information content (AvgIpc) is 3.03. The number of nitriles is 1. The van der Waals surface area contributed by atoms with Crippen LogP contribution in [0.1, 0.15) is 57.4 Å². The molecule has 8 heteroatoms. The number of hydrogen-bond donors (Lipinski definition) is 1. The first kappa shape index (κ1) is 20.8. The van der Waals surface area contributed by atoms with Gasteiger partial charge in [0.2, 0.25) is 5.91 Å². The molecule has 0 aromatic carbocycles. The Morgan fingerprint density at radius 2 is 2.03 bits per heavy atom. The Morgan fingerprint density at radius 3 is 2.72 bits per heavy atom. The highest BCUT2D eigenvalue weighted by atomic mass is 32.1. The fourth-order valence-electron chi connectivity index (χ4n) is 3.64. The van der Waals surface area contributed by atoms with Crippen molar-refractivity contribution in [2.75, 3.05) is 11.9 Å². The minimum atomic E-state index is -0.490. The summed E-state index contributed by atoms with van der Waals surface area (Å²) < 4.78 is 6.48. The van der Waals surface area contributed by atoms with Gasteiger partial charge in [0.15, 0.2) is 0 Å². The molecule has 1 aliphatic carbocycles. The van der Waals surface area contributed by atoms with E-state index in [-0.39, 0.29) is 18.7 Å². The van der Waals surface area contributed by atoms with Gasteiger partial charge in [0.25, 0.3) is 5.56 Å². The molecule has 0 radical (unpaired) electrons. The number of rotatable bonds is 5. The van der Waals surface area contributed by atoms with E-state index in [0.717, 1.165) is 36.1 Å². The summed E-state index contributed by atoms with van der Waals surface area (Å²) in [5.74, 6) is -0.857. The van der Waals surface area contributed by atoms with Gasteiger partial charge in [0, 0.05) is 10.6 Å². The Bertz CT molecular complexity index is 1080. The quantitative estimate of drug-likeness (QED) is 0.759. The molecule has 29 heavy (non-hydrogen) atoms. The minimum Gasteiger partial charge on any atom is -0.462 e. The first-order valence-electron chi connectivity index (χ1n) is 9.60. The van der Waals surface area contributed by atoms with Crippen LogP contribution in [0.25, 0.3) is 0 Å². The van der Waals surface area contributed by atoms with Gasteiger partial charge >= 0.3 is 5.97 Å². The summed E-state index contributed by atoms with van der Waals surface area (Å²) in [5, 5.41) is 12.5. The Labute approximate surface area is 172 Å². The summed E-state index contributed by atoms with van der Waals surface area (Å²) in [6.45, 7) is 5.18. The number of ether oxygens (including phenoxy) is 1. The number of fused-ring (bicyclic) bond motifs is 1. The van der Waals surface area contributed by atoms with Crippen molar-refractivity contribution in [1.82, 2.24) is 4.57 Å². The highest BCUT2D eigenvalue weighted by Crippen LogP contribution is 2.38. The van der Waals surface area contributed by atoms with Crippen LogP contribution in [0.3, 0.4) is 0 Å². The number of amides is 1. The molecular formula is C21H23N3O4S. The number of pyridine rings is 1. The number of anilines is 1. The molecule has 2 heterocycles. The highest BCUT2D eigenvalue weighted by molar-refractivity contribution is 7.17. The molecular weight excluding hydrogens is 390 g/mol. The second-order valence-electron chi connectivity index (χ2n) is 7.03. The number of aromatic nitrogens is 1. The maximum atomic E-state index is 12.7. The lowest BCUT2D eigenvalue weighted by atomic mass is 9.95. The molecule has 0 saturated carbocycles. The number of hydrogen-bond acceptors (Lipinski definition) is 6. The topological polar surface area (TPSA) is 101 Å². The normalized spacial score (nSPS) is 12.8. The number of aryl methyl sites for hydroxylation is 3. The van der Waals surface area contributed by atoms with Gasteiger partial charge in [-0.2, -0.15) is 5.26 Å². The monoisotopic (exact) mass is 413 g/mol. The standard InChI is InChI=1S/C21H23N3O4S/c1-4-28-21(27)18-14-7-5-6-8-16(14)29-19(18)23-17(25)11-24-13(3)9-12(2)15(10-22)20(24)26/h9H,4-8,11H2,1-3H3,(H,23,25). The second-order valence-corrected chi connectivity index (χ2v) is 8.14. The zero-order valence-electron chi connectivity index (χ0n) is 16.8. The molecule has 1 N–H and O–H groups in total. The highest BCUT2D eigenvalue weighted by Gasteiger charge is 2.27. The van der Waals surface area contributed by atoms with Crippen molar-refractivity contribution >= 4 is 28.2 Å². The number of thiophene rings is 1. The van der Waals surface area contributed by atoms with Crippen molar-refractivity contribution < 1.29 is 14.3 Å². The molecule has 0 bridgehead atoms. The van der Waals surface area contributed by atoms with Crippen LogP contribution in [0, 0.1) is 25.2 Å². The van der Waals surface area contributed by atoms with E-state index in [0.29, 0.717) is 21.8 Å². The van der Waals surface area contributed by atoms with Crippen LogP contribution in [-0.2, 0) is 28.9 Å². The first-order chi connectivity index (χ1) is 13.9. The average molecular weight is 413 g/mol. The minimum absolute atomic E-state index is 0.0298. The van der Waals surface area contributed by atoms with E-state index in [4.69, 9.17) is 4.74 Å². The molecule has 0 atom stereocenters. The van der Waals surface area contributed by atoms with Gasteiger partial charge in [-0.25, -0.2) is 4.79 Å². The van der Waals surface area contributed by atoms with Crippen molar-refractivity contribution in [2.24, 2.45) is 0 Å². The largest absolute Gasteiger partial charge is 0.462 e. The SMILES string of the molecule is CCOC(=O)c1c(NC(=O)Cn2c(C)cc(C)c(C#N)c2=O)sc2c1CCCC2. The van der Waals surface area contributed by atoms with E-state index in [1.807, 2.05) is 6.07 Å². The van der Waals surface area contributed by atoms with Gasteiger partial charge in [-0.05, 0) is 63.6 Å². The molecule has 0 spiro atoms. The van der Waals surface area contributed by atoms with Gasteiger partial charge in [0.05, 0.1) is 12.2 Å². The zero-order valence-corrected chi connectivity index (χ0v) is 17.6. The Hall–Kier alpha value is -2.92. The van der Waals surface area contributed by atoms with Crippen molar-refractivity contribution in [2.45, 2.75) is 53.0 Å². The predicted molar refractivity (Wildman–Crippen MR) is 110 cm³/mol. The second kappa shape index (κ2) is 8.62. The summed E-state index contributed by atoms with van der Waals surface area (Å²) in [4.78, 5) is 38.9. The van der Waals surface area contributed by atoms with Crippen molar-refractivity contribution in [1.29, 1.82) is 5.26 Å². The van der Waals surface area contributed by atoms with E-state index in [1.165, 1.54) is 15.9 Å². The Balaban J connectivity index is 1.91. The number of nitrogens with zero attached hydrogens (tertiary/aromatic N) is 2. The van der Waals surface area contributed by atoms with Crippen LogP contribution in [0.4, 0.5) is 5.00 Å². The van der Waals surface area contributed by atoms with Crippen LogP contribution >= 0.6 is 11.3 Å². The molecule has 152 valence electrons. The third-order valence-electron chi connectivity index (χ3n) is 5.02. The lowest BCUT2D eigenvalue weighted by molar-refractivity contribution is -0.116. The van der Waals surface area contributed by atoms with E-state index >= 15 is 0 Å². The van der Waals surface area contributed by atoms with E-state index < -0.39 is 17.4 Å².